The summed E-state index contributed by atoms with van der Waals surface area (Å²) in [5.74, 6) is 0. The molecule has 0 spiro atoms. The maximum atomic E-state index is 9.46. The van der Waals surface area contributed by atoms with E-state index in [2.05, 4.69) is 170 Å². The normalized spacial score (nSPS) is 12.8. The Morgan fingerprint density at radius 2 is 0.830 bits per heavy atom. The van der Waals surface area contributed by atoms with E-state index in [0.29, 0.717) is 5.56 Å². The van der Waals surface area contributed by atoms with Gasteiger partial charge in [0.05, 0.1) is 17.0 Å². The minimum atomic E-state index is -0.460. The number of fused-ring (bicyclic) bond motifs is 5. The zero-order valence-corrected chi connectivity index (χ0v) is 25.7. The number of nitriles is 1. The second kappa shape index (κ2) is 10.7. The first-order valence-corrected chi connectivity index (χ1v) is 16.1. The summed E-state index contributed by atoms with van der Waals surface area (Å²) in [5, 5.41) is 14.3. The molecule has 9 rings (SSSR count). The SMILES string of the molecule is N#Cc1ccc(-c2c3ccccc3c(-c3ccc4c(c3)C(c3ccccc3)(c3ccccc3)c3ccccc3-4)c3ccccc23)cc1. The summed E-state index contributed by atoms with van der Waals surface area (Å²) in [4.78, 5) is 0. The van der Waals surface area contributed by atoms with Gasteiger partial charge in [-0.1, -0.05) is 158 Å². The third-order valence-corrected chi connectivity index (χ3v) is 9.98. The second-order valence-corrected chi connectivity index (χ2v) is 12.3. The van der Waals surface area contributed by atoms with Gasteiger partial charge in [0, 0.05) is 0 Å². The van der Waals surface area contributed by atoms with E-state index in [-0.39, 0.29) is 0 Å². The van der Waals surface area contributed by atoms with Crippen molar-refractivity contribution in [3.8, 4) is 39.4 Å². The Bertz CT molecular complexity index is 2410. The molecule has 0 unspecified atom stereocenters. The predicted molar refractivity (Wildman–Crippen MR) is 194 cm³/mol. The van der Waals surface area contributed by atoms with E-state index in [1.807, 2.05) is 12.1 Å². The lowest BCUT2D eigenvalue weighted by atomic mass is 9.67. The molecule has 1 aliphatic carbocycles. The minimum absolute atomic E-state index is 0.460. The van der Waals surface area contributed by atoms with E-state index in [1.165, 1.54) is 71.6 Å². The van der Waals surface area contributed by atoms with E-state index in [0.717, 1.165) is 5.56 Å². The number of nitrogens with zero attached hydrogens (tertiary/aromatic N) is 1. The zero-order chi connectivity index (χ0) is 31.4. The van der Waals surface area contributed by atoms with Crippen LogP contribution in [-0.4, -0.2) is 0 Å². The van der Waals surface area contributed by atoms with Gasteiger partial charge in [0.1, 0.15) is 0 Å². The maximum absolute atomic E-state index is 9.46. The van der Waals surface area contributed by atoms with Crippen LogP contribution in [-0.2, 0) is 5.41 Å². The smallest absolute Gasteiger partial charge is 0.0991 e. The molecule has 0 N–H and O–H groups in total. The molecule has 0 aliphatic heterocycles. The summed E-state index contributed by atoms with van der Waals surface area (Å²) in [6, 6.07) is 65.8. The van der Waals surface area contributed by atoms with Gasteiger partial charge in [-0.25, -0.2) is 0 Å². The number of hydrogen-bond donors (Lipinski definition) is 0. The van der Waals surface area contributed by atoms with Crippen molar-refractivity contribution in [1.82, 2.24) is 0 Å². The highest BCUT2D eigenvalue weighted by Gasteiger charge is 2.46. The Labute approximate surface area is 274 Å². The fraction of sp³-hybridized carbons (Fsp3) is 0.0217. The van der Waals surface area contributed by atoms with E-state index >= 15 is 0 Å². The molecule has 8 aromatic rings. The largest absolute Gasteiger partial charge is 0.192 e. The first-order chi connectivity index (χ1) is 23.3. The van der Waals surface area contributed by atoms with E-state index in [9.17, 15) is 5.26 Å². The van der Waals surface area contributed by atoms with Crippen molar-refractivity contribution in [2.75, 3.05) is 0 Å². The summed E-state index contributed by atoms with van der Waals surface area (Å²) in [6.07, 6.45) is 0. The van der Waals surface area contributed by atoms with Gasteiger partial charge >= 0.3 is 0 Å². The predicted octanol–water partition coefficient (Wildman–Crippen LogP) is 11.6. The molecular weight excluding hydrogens is 567 g/mol. The summed E-state index contributed by atoms with van der Waals surface area (Å²) in [6.45, 7) is 0. The Kier molecular flexibility index (Phi) is 6.17. The van der Waals surface area contributed by atoms with Gasteiger partial charge in [0.25, 0.3) is 0 Å². The Hall–Kier alpha value is -6.23. The van der Waals surface area contributed by atoms with E-state index in [4.69, 9.17) is 0 Å². The van der Waals surface area contributed by atoms with Gasteiger partial charge in [-0.15, -0.1) is 0 Å². The molecule has 0 heterocycles. The van der Waals surface area contributed by atoms with E-state index in [1.54, 1.807) is 0 Å². The van der Waals surface area contributed by atoms with Crippen LogP contribution in [0.5, 0.6) is 0 Å². The summed E-state index contributed by atoms with van der Waals surface area (Å²) < 4.78 is 0. The van der Waals surface area contributed by atoms with Crippen LogP contribution in [0.2, 0.25) is 0 Å². The van der Waals surface area contributed by atoms with Crippen molar-refractivity contribution in [2.45, 2.75) is 5.41 Å². The first kappa shape index (κ1) is 27.1. The lowest BCUT2D eigenvalue weighted by Crippen LogP contribution is -2.28. The van der Waals surface area contributed by atoms with Crippen LogP contribution in [0.4, 0.5) is 0 Å². The third-order valence-electron chi connectivity index (χ3n) is 9.98. The molecule has 0 saturated heterocycles. The Morgan fingerprint density at radius 3 is 1.38 bits per heavy atom. The molecule has 218 valence electrons. The monoisotopic (exact) mass is 595 g/mol. The molecule has 8 aromatic carbocycles. The third kappa shape index (κ3) is 3.96. The second-order valence-electron chi connectivity index (χ2n) is 12.3. The summed E-state index contributed by atoms with van der Waals surface area (Å²) >= 11 is 0. The summed E-state index contributed by atoms with van der Waals surface area (Å²) in [5.41, 5.74) is 12.7. The average molecular weight is 596 g/mol. The lowest BCUT2D eigenvalue weighted by Gasteiger charge is -2.34. The molecule has 1 aliphatic rings. The maximum Gasteiger partial charge on any atom is 0.0991 e. The summed E-state index contributed by atoms with van der Waals surface area (Å²) in [7, 11) is 0. The van der Waals surface area contributed by atoms with E-state index < -0.39 is 5.41 Å². The van der Waals surface area contributed by atoms with Crippen LogP contribution >= 0.6 is 0 Å². The van der Waals surface area contributed by atoms with Gasteiger partial charge in [-0.3, -0.25) is 0 Å². The highest BCUT2D eigenvalue weighted by atomic mass is 14.5. The van der Waals surface area contributed by atoms with Crippen molar-refractivity contribution in [3.05, 3.63) is 204 Å². The molecule has 47 heavy (non-hydrogen) atoms. The highest BCUT2D eigenvalue weighted by Crippen LogP contribution is 2.57. The van der Waals surface area contributed by atoms with Gasteiger partial charge in [-0.2, -0.15) is 5.26 Å². The number of hydrogen-bond acceptors (Lipinski definition) is 1. The molecule has 1 nitrogen and oxygen atoms in total. The van der Waals surface area contributed by atoms with Crippen LogP contribution in [0.15, 0.2) is 176 Å². The standard InChI is InChI=1S/C46H29N/c47-30-31-23-25-32(26-24-31)44-38-18-7-9-20-40(38)45(41-21-10-8-19-39(41)44)33-27-28-37-36-17-11-12-22-42(36)46(43(37)29-33,34-13-3-1-4-14-34)35-15-5-2-6-16-35/h1-29H. The fourth-order valence-electron chi connectivity index (χ4n) is 8.06. The fourth-order valence-corrected chi connectivity index (χ4v) is 8.06. The van der Waals surface area contributed by atoms with Gasteiger partial charge in [0.15, 0.2) is 0 Å². The lowest BCUT2D eigenvalue weighted by molar-refractivity contribution is 0.769. The van der Waals surface area contributed by atoms with Crippen molar-refractivity contribution in [1.29, 1.82) is 5.26 Å². The molecule has 0 aromatic heterocycles. The number of rotatable bonds is 4. The Morgan fingerprint density at radius 1 is 0.383 bits per heavy atom. The Balaban J connectivity index is 1.38. The molecular formula is C46H29N. The van der Waals surface area contributed by atoms with Crippen LogP contribution in [0.1, 0.15) is 27.8 Å². The zero-order valence-electron chi connectivity index (χ0n) is 25.7. The highest BCUT2D eigenvalue weighted by molar-refractivity contribution is 6.21. The first-order valence-electron chi connectivity index (χ1n) is 16.1. The van der Waals surface area contributed by atoms with Crippen molar-refractivity contribution in [2.24, 2.45) is 0 Å². The topological polar surface area (TPSA) is 23.8 Å². The molecule has 0 bridgehead atoms. The van der Waals surface area contributed by atoms with Crippen LogP contribution in [0, 0.1) is 11.3 Å². The number of benzene rings is 8. The molecule has 1 heteroatoms. The minimum Gasteiger partial charge on any atom is -0.192 e. The molecule has 0 fully saturated rings. The van der Waals surface area contributed by atoms with Crippen LogP contribution in [0.25, 0.3) is 54.9 Å². The van der Waals surface area contributed by atoms with Crippen LogP contribution < -0.4 is 0 Å². The van der Waals surface area contributed by atoms with Gasteiger partial charge in [0.2, 0.25) is 0 Å². The molecule has 0 saturated carbocycles. The molecule has 0 amide bonds. The van der Waals surface area contributed by atoms with Gasteiger partial charge in [-0.05, 0) is 95.4 Å². The van der Waals surface area contributed by atoms with Gasteiger partial charge < -0.3 is 0 Å². The van der Waals surface area contributed by atoms with Crippen LogP contribution in [0.3, 0.4) is 0 Å². The quantitative estimate of drug-likeness (QED) is 0.186. The molecule has 0 atom stereocenters. The van der Waals surface area contributed by atoms with Crippen molar-refractivity contribution in [3.63, 3.8) is 0 Å². The van der Waals surface area contributed by atoms with Crippen molar-refractivity contribution < 1.29 is 0 Å². The average Bonchev–Trinajstić information content (AvgIpc) is 3.45. The molecule has 0 radical (unpaired) electrons. The van der Waals surface area contributed by atoms with Crippen molar-refractivity contribution >= 4 is 21.5 Å².